The Hall–Kier alpha value is -1.66. The van der Waals surface area contributed by atoms with Gasteiger partial charge >= 0.3 is 0 Å². The van der Waals surface area contributed by atoms with Crippen LogP contribution >= 0.6 is 0 Å². The molecule has 0 saturated carbocycles. The number of halogens is 1. The van der Waals surface area contributed by atoms with Gasteiger partial charge in [0.05, 0.1) is 25.4 Å². The van der Waals surface area contributed by atoms with E-state index in [1.54, 1.807) is 19.2 Å². The Labute approximate surface area is 111 Å². The van der Waals surface area contributed by atoms with Crippen LogP contribution in [0, 0.1) is 5.82 Å². The molecule has 0 aromatic heterocycles. The highest BCUT2D eigenvalue weighted by Crippen LogP contribution is 2.19. The standard InChI is InChI=1S/C13H18FN3O2/c1-15-10-2-3-11(14)12(8-10)16-13(18)9-17-4-6-19-7-5-17/h2-3,8,15H,4-7,9H2,1H3,(H,16,18). The number of amides is 1. The molecule has 1 heterocycles. The van der Waals surface area contributed by atoms with Crippen LogP contribution in [0.1, 0.15) is 0 Å². The summed E-state index contributed by atoms with van der Waals surface area (Å²) in [6.45, 7) is 2.99. The molecule has 0 atom stereocenters. The van der Waals surface area contributed by atoms with E-state index in [4.69, 9.17) is 4.74 Å². The Morgan fingerprint density at radius 1 is 1.42 bits per heavy atom. The molecule has 1 amide bonds. The van der Waals surface area contributed by atoms with Crippen molar-refractivity contribution in [2.75, 3.05) is 50.5 Å². The zero-order valence-corrected chi connectivity index (χ0v) is 10.9. The van der Waals surface area contributed by atoms with Gasteiger partial charge in [0.25, 0.3) is 0 Å². The summed E-state index contributed by atoms with van der Waals surface area (Å²) in [6.07, 6.45) is 0. The molecule has 0 radical (unpaired) electrons. The van der Waals surface area contributed by atoms with E-state index in [9.17, 15) is 9.18 Å². The zero-order valence-electron chi connectivity index (χ0n) is 10.9. The van der Waals surface area contributed by atoms with E-state index in [0.717, 1.165) is 18.8 Å². The van der Waals surface area contributed by atoms with Crippen LogP contribution in [0.5, 0.6) is 0 Å². The third-order valence-corrected chi connectivity index (χ3v) is 3.00. The van der Waals surface area contributed by atoms with Crippen molar-refractivity contribution >= 4 is 17.3 Å². The van der Waals surface area contributed by atoms with E-state index < -0.39 is 5.82 Å². The topological polar surface area (TPSA) is 53.6 Å². The second-order valence-corrected chi connectivity index (χ2v) is 4.38. The number of nitrogens with zero attached hydrogens (tertiary/aromatic N) is 1. The molecule has 0 aliphatic carbocycles. The first-order valence-electron chi connectivity index (χ1n) is 6.26. The molecule has 0 spiro atoms. The fourth-order valence-corrected chi connectivity index (χ4v) is 1.93. The molecule has 104 valence electrons. The number of morpholine rings is 1. The van der Waals surface area contributed by atoms with E-state index in [1.165, 1.54) is 6.07 Å². The Kier molecular flexibility index (Phi) is 4.70. The Morgan fingerprint density at radius 3 is 2.84 bits per heavy atom. The largest absolute Gasteiger partial charge is 0.388 e. The van der Waals surface area contributed by atoms with E-state index in [-0.39, 0.29) is 18.1 Å². The monoisotopic (exact) mass is 267 g/mol. The third kappa shape index (κ3) is 3.90. The van der Waals surface area contributed by atoms with Crippen LogP contribution in [0.15, 0.2) is 18.2 Å². The van der Waals surface area contributed by atoms with Crippen molar-refractivity contribution in [3.8, 4) is 0 Å². The van der Waals surface area contributed by atoms with E-state index >= 15 is 0 Å². The fraction of sp³-hybridized carbons (Fsp3) is 0.462. The number of nitrogens with one attached hydrogen (secondary N) is 2. The molecule has 0 bridgehead atoms. The van der Waals surface area contributed by atoms with Gasteiger partial charge in [-0.3, -0.25) is 9.69 Å². The van der Waals surface area contributed by atoms with Crippen LogP contribution < -0.4 is 10.6 Å². The minimum atomic E-state index is -0.436. The molecule has 1 fully saturated rings. The molecule has 6 heteroatoms. The van der Waals surface area contributed by atoms with Gasteiger partial charge in [0.15, 0.2) is 0 Å². The first-order valence-corrected chi connectivity index (χ1v) is 6.26. The highest BCUT2D eigenvalue weighted by Gasteiger charge is 2.15. The van der Waals surface area contributed by atoms with Crippen molar-refractivity contribution in [2.45, 2.75) is 0 Å². The summed E-state index contributed by atoms with van der Waals surface area (Å²) < 4.78 is 18.8. The SMILES string of the molecule is CNc1ccc(F)c(NC(=O)CN2CCOCC2)c1. The molecule has 5 nitrogen and oxygen atoms in total. The van der Waals surface area contributed by atoms with Gasteiger partial charge in [0.1, 0.15) is 5.82 Å². The number of benzene rings is 1. The summed E-state index contributed by atoms with van der Waals surface area (Å²) in [4.78, 5) is 13.8. The molecule has 2 N–H and O–H groups in total. The molecule has 19 heavy (non-hydrogen) atoms. The van der Waals surface area contributed by atoms with Crippen molar-refractivity contribution in [3.05, 3.63) is 24.0 Å². The number of carbonyl (C=O) groups is 1. The van der Waals surface area contributed by atoms with Gasteiger partial charge < -0.3 is 15.4 Å². The van der Waals surface area contributed by atoms with Crippen molar-refractivity contribution in [2.24, 2.45) is 0 Å². The summed E-state index contributed by atoms with van der Waals surface area (Å²) >= 11 is 0. The van der Waals surface area contributed by atoms with Gasteiger partial charge in [-0.25, -0.2) is 4.39 Å². The van der Waals surface area contributed by atoms with E-state index in [0.29, 0.717) is 13.2 Å². The lowest BCUT2D eigenvalue weighted by Crippen LogP contribution is -2.41. The summed E-state index contributed by atoms with van der Waals surface area (Å²) in [7, 11) is 1.74. The summed E-state index contributed by atoms with van der Waals surface area (Å²) in [6, 6.07) is 4.52. The average Bonchev–Trinajstić information content (AvgIpc) is 2.42. The van der Waals surface area contributed by atoms with Crippen molar-refractivity contribution in [3.63, 3.8) is 0 Å². The van der Waals surface area contributed by atoms with Gasteiger partial charge in [-0.1, -0.05) is 0 Å². The molecule has 1 aliphatic rings. The molecule has 1 aromatic carbocycles. The number of carbonyl (C=O) groups excluding carboxylic acids is 1. The molecule has 1 saturated heterocycles. The average molecular weight is 267 g/mol. The first kappa shape index (κ1) is 13.8. The van der Waals surface area contributed by atoms with Crippen molar-refractivity contribution in [1.82, 2.24) is 4.90 Å². The summed E-state index contributed by atoms with van der Waals surface area (Å²) in [5.41, 5.74) is 0.952. The van der Waals surface area contributed by atoms with Crippen LogP contribution in [-0.2, 0) is 9.53 Å². The van der Waals surface area contributed by atoms with Crippen LogP contribution in [0.3, 0.4) is 0 Å². The Bertz CT molecular complexity index is 448. The second kappa shape index (κ2) is 6.49. The number of hydrogen-bond acceptors (Lipinski definition) is 4. The highest BCUT2D eigenvalue weighted by atomic mass is 19.1. The quantitative estimate of drug-likeness (QED) is 0.859. The van der Waals surface area contributed by atoms with Crippen molar-refractivity contribution in [1.29, 1.82) is 0 Å². The predicted molar refractivity (Wildman–Crippen MR) is 71.8 cm³/mol. The molecule has 1 aliphatic heterocycles. The summed E-state index contributed by atoms with van der Waals surface area (Å²) in [5.74, 6) is -0.650. The molecule has 2 rings (SSSR count). The van der Waals surface area contributed by atoms with Crippen LogP contribution in [0.4, 0.5) is 15.8 Å². The Morgan fingerprint density at radius 2 is 2.16 bits per heavy atom. The number of anilines is 2. The van der Waals surface area contributed by atoms with Gasteiger partial charge in [0, 0.05) is 25.8 Å². The lowest BCUT2D eigenvalue weighted by atomic mass is 10.2. The van der Waals surface area contributed by atoms with Crippen molar-refractivity contribution < 1.29 is 13.9 Å². The number of rotatable bonds is 4. The molecular weight excluding hydrogens is 249 g/mol. The predicted octanol–water partition coefficient (Wildman–Crippen LogP) is 1.14. The fourth-order valence-electron chi connectivity index (χ4n) is 1.93. The molecule has 0 unspecified atom stereocenters. The minimum absolute atomic E-state index is 0.199. The number of ether oxygens (including phenoxy) is 1. The van der Waals surface area contributed by atoms with Gasteiger partial charge in [-0.2, -0.15) is 0 Å². The van der Waals surface area contributed by atoms with Gasteiger partial charge in [-0.05, 0) is 18.2 Å². The molecular formula is C13H18FN3O2. The van der Waals surface area contributed by atoms with E-state index in [1.807, 2.05) is 4.90 Å². The van der Waals surface area contributed by atoms with Crippen LogP contribution in [-0.4, -0.2) is 50.7 Å². The Balaban J connectivity index is 1.94. The lowest BCUT2D eigenvalue weighted by molar-refractivity contribution is -0.118. The normalized spacial score (nSPS) is 16.1. The van der Waals surface area contributed by atoms with Crippen LogP contribution in [0.2, 0.25) is 0 Å². The maximum atomic E-state index is 13.6. The minimum Gasteiger partial charge on any atom is -0.388 e. The third-order valence-electron chi connectivity index (χ3n) is 3.00. The second-order valence-electron chi connectivity index (χ2n) is 4.38. The number of hydrogen-bond donors (Lipinski definition) is 2. The molecule has 1 aromatic rings. The first-order chi connectivity index (χ1) is 9.19. The van der Waals surface area contributed by atoms with E-state index in [2.05, 4.69) is 10.6 Å². The zero-order chi connectivity index (χ0) is 13.7. The highest BCUT2D eigenvalue weighted by molar-refractivity contribution is 5.92. The lowest BCUT2D eigenvalue weighted by Gasteiger charge is -2.25. The van der Waals surface area contributed by atoms with Gasteiger partial charge in [-0.15, -0.1) is 0 Å². The summed E-state index contributed by atoms with van der Waals surface area (Å²) in [5, 5.41) is 5.50. The maximum Gasteiger partial charge on any atom is 0.238 e. The van der Waals surface area contributed by atoms with Crippen LogP contribution in [0.25, 0.3) is 0 Å². The maximum absolute atomic E-state index is 13.6. The smallest absolute Gasteiger partial charge is 0.238 e. The van der Waals surface area contributed by atoms with Gasteiger partial charge in [0.2, 0.25) is 5.91 Å².